The van der Waals surface area contributed by atoms with Crippen molar-refractivity contribution in [1.82, 2.24) is 15.2 Å². The van der Waals surface area contributed by atoms with Gasteiger partial charge in [0.1, 0.15) is 11.7 Å². The van der Waals surface area contributed by atoms with Crippen molar-refractivity contribution in [1.29, 1.82) is 0 Å². The van der Waals surface area contributed by atoms with E-state index in [4.69, 9.17) is 0 Å². The standard InChI is InChI=1S/C26H26N4O4/c1-26(2,3)16-4-7-19-14(10-16)12-20(28-19)23(32)27-17-5-6-18-15(11-17)13-30(25(18)34)21-8-9-22(31)29-24(21)33/h4-7,10-12,21,28H,8-9,13H2,1-3H3,(H,27,32)(H,29,31,33). The average molecular weight is 459 g/mol. The van der Waals surface area contributed by atoms with Crippen molar-refractivity contribution in [2.24, 2.45) is 0 Å². The first-order valence-electron chi connectivity index (χ1n) is 11.3. The summed E-state index contributed by atoms with van der Waals surface area (Å²) < 4.78 is 0. The molecule has 0 aliphatic carbocycles. The summed E-state index contributed by atoms with van der Waals surface area (Å²) in [4.78, 5) is 54.1. The Kier molecular flexibility index (Phi) is 5.04. The Balaban J connectivity index is 1.33. The van der Waals surface area contributed by atoms with Crippen LogP contribution in [0.5, 0.6) is 0 Å². The van der Waals surface area contributed by atoms with Gasteiger partial charge < -0.3 is 15.2 Å². The second kappa shape index (κ2) is 7.83. The summed E-state index contributed by atoms with van der Waals surface area (Å²) in [6.07, 6.45) is 0.519. The van der Waals surface area contributed by atoms with Gasteiger partial charge in [0.2, 0.25) is 11.8 Å². The van der Waals surface area contributed by atoms with Crippen LogP contribution in [0.3, 0.4) is 0 Å². The topological polar surface area (TPSA) is 111 Å². The number of aromatic nitrogens is 1. The number of rotatable bonds is 3. The number of hydrogen-bond acceptors (Lipinski definition) is 4. The average Bonchev–Trinajstić information content (AvgIpc) is 3.34. The highest BCUT2D eigenvalue weighted by molar-refractivity contribution is 6.08. The Hall–Kier alpha value is -3.94. The highest BCUT2D eigenvalue weighted by atomic mass is 16.2. The maximum absolute atomic E-state index is 12.9. The third-order valence-electron chi connectivity index (χ3n) is 6.51. The SMILES string of the molecule is CC(C)(C)c1ccc2[nH]c(C(=O)Nc3ccc4c(c3)CN(C3CCC(=O)NC3=O)C4=O)cc2c1. The van der Waals surface area contributed by atoms with Crippen LogP contribution in [-0.4, -0.2) is 39.6 Å². The summed E-state index contributed by atoms with van der Waals surface area (Å²) in [5, 5.41) is 6.16. The molecule has 4 amide bonds. The van der Waals surface area contributed by atoms with E-state index >= 15 is 0 Å². The number of amides is 4. The van der Waals surface area contributed by atoms with E-state index in [1.54, 1.807) is 18.2 Å². The molecule has 8 nitrogen and oxygen atoms in total. The molecule has 2 aromatic carbocycles. The molecule has 1 aromatic heterocycles. The predicted molar refractivity (Wildman–Crippen MR) is 127 cm³/mol. The zero-order valence-electron chi connectivity index (χ0n) is 19.3. The number of carbonyl (C=O) groups excluding carboxylic acids is 4. The van der Waals surface area contributed by atoms with Crippen LogP contribution in [0.1, 0.15) is 65.6 Å². The normalized spacial score (nSPS) is 18.3. The molecule has 3 heterocycles. The molecule has 1 saturated heterocycles. The molecular formula is C26H26N4O4. The number of anilines is 1. The van der Waals surface area contributed by atoms with Crippen LogP contribution in [0.15, 0.2) is 42.5 Å². The smallest absolute Gasteiger partial charge is 0.272 e. The van der Waals surface area contributed by atoms with E-state index in [0.717, 1.165) is 16.5 Å². The van der Waals surface area contributed by atoms with E-state index in [1.165, 1.54) is 10.5 Å². The fourth-order valence-corrected chi connectivity index (χ4v) is 4.57. The summed E-state index contributed by atoms with van der Waals surface area (Å²) in [5.41, 5.74) is 4.34. The number of hydrogen-bond donors (Lipinski definition) is 3. The van der Waals surface area contributed by atoms with E-state index in [0.29, 0.717) is 23.4 Å². The van der Waals surface area contributed by atoms with Crippen molar-refractivity contribution in [2.75, 3.05) is 5.32 Å². The summed E-state index contributed by atoms with van der Waals surface area (Å²) in [6.45, 7) is 6.70. The van der Waals surface area contributed by atoms with Crippen molar-refractivity contribution in [3.63, 3.8) is 0 Å². The highest BCUT2D eigenvalue weighted by Gasteiger charge is 2.39. The Morgan fingerprint density at radius 1 is 1.06 bits per heavy atom. The van der Waals surface area contributed by atoms with Crippen LogP contribution in [0, 0.1) is 0 Å². The fraction of sp³-hybridized carbons (Fsp3) is 0.308. The molecule has 0 spiro atoms. The zero-order chi connectivity index (χ0) is 24.2. The van der Waals surface area contributed by atoms with Gasteiger partial charge in [0.05, 0.1) is 0 Å². The number of imide groups is 1. The molecule has 3 N–H and O–H groups in total. The molecule has 174 valence electrons. The van der Waals surface area contributed by atoms with Crippen molar-refractivity contribution < 1.29 is 19.2 Å². The minimum absolute atomic E-state index is 0.0114. The first-order chi connectivity index (χ1) is 16.1. The van der Waals surface area contributed by atoms with Crippen molar-refractivity contribution in [3.05, 3.63) is 64.8 Å². The Bertz CT molecular complexity index is 1360. The summed E-state index contributed by atoms with van der Waals surface area (Å²) in [7, 11) is 0. The molecule has 2 aliphatic rings. The van der Waals surface area contributed by atoms with Gasteiger partial charge in [-0.25, -0.2) is 0 Å². The second-order valence-electron chi connectivity index (χ2n) is 9.96. The number of H-pyrrole nitrogens is 1. The lowest BCUT2D eigenvalue weighted by Crippen LogP contribution is -2.52. The van der Waals surface area contributed by atoms with Crippen LogP contribution < -0.4 is 10.6 Å². The molecule has 1 unspecified atom stereocenters. The lowest BCUT2D eigenvalue weighted by atomic mass is 9.86. The summed E-state index contributed by atoms with van der Waals surface area (Å²) >= 11 is 0. The van der Waals surface area contributed by atoms with Gasteiger partial charge in [-0.3, -0.25) is 24.5 Å². The van der Waals surface area contributed by atoms with Gasteiger partial charge in [-0.2, -0.15) is 0 Å². The molecule has 3 aromatic rings. The van der Waals surface area contributed by atoms with Gasteiger partial charge in [0, 0.05) is 35.1 Å². The van der Waals surface area contributed by atoms with Crippen LogP contribution in [-0.2, 0) is 21.5 Å². The minimum Gasteiger partial charge on any atom is -0.351 e. The number of carbonyl (C=O) groups is 4. The summed E-state index contributed by atoms with van der Waals surface area (Å²) in [5.74, 6) is -1.28. The fourth-order valence-electron chi connectivity index (χ4n) is 4.57. The molecule has 2 aliphatic heterocycles. The van der Waals surface area contributed by atoms with E-state index in [2.05, 4.69) is 48.5 Å². The minimum atomic E-state index is -0.667. The first kappa shape index (κ1) is 21.9. The molecule has 1 fully saturated rings. The molecule has 0 bridgehead atoms. The Morgan fingerprint density at radius 2 is 1.85 bits per heavy atom. The number of benzene rings is 2. The van der Waals surface area contributed by atoms with Gasteiger partial charge in [0.25, 0.3) is 11.8 Å². The van der Waals surface area contributed by atoms with Crippen molar-refractivity contribution in [3.8, 4) is 0 Å². The third-order valence-corrected chi connectivity index (χ3v) is 6.51. The molecule has 8 heteroatoms. The molecule has 1 atom stereocenters. The Labute approximate surface area is 196 Å². The monoisotopic (exact) mass is 458 g/mol. The van der Waals surface area contributed by atoms with E-state index in [9.17, 15) is 19.2 Å². The van der Waals surface area contributed by atoms with Gasteiger partial charge in [-0.05, 0) is 59.4 Å². The van der Waals surface area contributed by atoms with Crippen LogP contribution in [0.4, 0.5) is 5.69 Å². The maximum atomic E-state index is 12.9. The first-order valence-corrected chi connectivity index (χ1v) is 11.3. The van der Waals surface area contributed by atoms with E-state index in [-0.39, 0.29) is 36.1 Å². The Morgan fingerprint density at radius 3 is 2.59 bits per heavy atom. The number of nitrogens with one attached hydrogen (secondary N) is 3. The van der Waals surface area contributed by atoms with Crippen molar-refractivity contribution >= 4 is 40.2 Å². The van der Waals surface area contributed by atoms with Crippen LogP contribution in [0.25, 0.3) is 10.9 Å². The maximum Gasteiger partial charge on any atom is 0.272 e. The third kappa shape index (κ3) is 3.85. The lowest BCUT2D eigenvalue weighted by molar-refractivity contribution is -0.136. The summed E-state index contributed by atoms with van der Waals surface area (Å²) in [6, 6.07) is 12.4. The predicted octanol–water partition coefficient (Wildman–Crippen LogP) is 3.48. The van der Waals surface area contributed by atoms with Crippen LogP contribution in [0.2, 0.25) is 0 Å². The molecule has 0 radical (unpaired) electrons. The van der Waals surface area contributed by atoms with Crippen LogP contribution >= 0.6 is 0 Å². The molecule has 34 heavy (non-hydrogen) atoms. The zero-order valence-corrected chi connectivity index (χ0v) is 19.3. The molecular weight excluding hydrogens is 432 g/mol. The van der Waals surface area contributed by atoms with Gasteiger partial charge in [-0.15, -0.1) is 0 Å². The number of piperidine rings is 1. The molecule has 5 rings (SSSR count). The largest absolute Gasteiger partial charge is 0.351 e. The second-order valence-corrected chi connectivity index (χ2v) is 9.96. The quantitative estimate of drug-likeness (QED) is 0.522. The van der Waals surface area contributed by atoms with E-state index in [1.807, 2.05) is 12.1 Å². The van der Waals surface area contributed by atoms with Gasteiger partial charge in [-0.1, -0.05) is 26.8 Å². The van der Waals surface area contributed by atoms with Gasteiger partial charge in [0.15, 0.2) is 0 Å². The van der Waals surface area contributed by atoms with Crippen molar-refractivity contribution in [2.45, 2.75) is 51.6 Å². The number of nitrogens with zero attached hydrogens (tertiary/aromatic N) is 1. The lowest BCUT2D eigenvalue weighted by Gasteiger charge is -2.29. The van der Waals surface area contributed by atoms with Gasteiger partial charge >= 0.3 is 0 Å². The molecule has 0 saturated carbocycles. The number of aromatic amines is 1. The van der Waals surface area contributed by atoms with E-state index < -0.39 is 11.9 Å². The number of fused-ring (bicyclic) bond motifs is 2. The highest BCUT2D eigenvalue weighted by Crippen LogP contribution is 2.30.